The third kappa shape index (κ3) is 3.51. The number of sulfonamides is 1. The summed E-state index contributed by atoms with van der Waals surface area (Å²) in [6, 6.07) is 1.03. The average Bonchev–Trinajstić information content (AvgIpc) is 3.03. The van der Waals surface area contributed by atoms with Gasteiger partial charge in [-0.2, -0.15) is 0 Å². The molecule has 0 spiro atoms. The maximum atomic E-state index is 12.2. The number of rotatable bonds is 6. The van der Waals surface area contributed by atoms with Gasteiger partial charge in [-0.15, -0.1) is 0 Å². The van der Waals surface area contributed by atoms with Crippen molar-refractivity contribution >= 4 is 32.0 Å². The van der Waals surface area contributed by atoms with E-state index >= 15 is 0 Å². The van der Waals surface area contributed by atoms with E-state index in [1.165, 1.54) is 0 Å². The third-order valence-electron chi connectivity index (χ3n) is 3.78. The molecule has 0 amide bonds. The Morgan fingerprint density at radius 1 is 1.48 bits per heavy atom. The molecule has 4 N–H and O–H groups in total. The van der Waals surface area contributed by atoms with Crippen LogP contribution in [0.4, 0.5) is 10.7 Å². The largest absolute Gasteiger partial charge is 0.310 e. The van der Waals surface area contributed by atoms with Crippen LogP contribution in [0.15, 0.2) is 10.3 Å². The number of thiophene rings is 1. The molecule has 0 radical (unpaired) electrons. The maximum Gasteiger partial charge on any atom is 0.306 e. The second-order valence-corrected chi connectivity index (χ2v) is 8.57. The third-order valence-corrected chi connectivity index (χ3v) is 6.71. The van der Waals surface area contributed by atoms with Gasteiger partial charge < -0.3 is 5.43 Å². The number of nitro groups is 1. The van der Waals surface area contributed by atoms with Gasteiger partial charge >= 0.3 is 5.69 Å². The van der Waals surface area contributed by atoms with Crippen molar-refractivity contribution in [1.29, 1.82) is 0 Å². The second kappa shape index (κ2) is 5.87. The first-order valence-corrected chi connectivity index (χ1v) is 8.82. The minimum atomic E-state index is -3.76. The van der Waals surface area contributed by atoms with Crippen LogP contribution >= 0.6 is 11.3 Å². The van der Waals surface area contributed by atoms with E-state index in [4.69, 9.17) is 5.84 Å². The highest BCUT2D eigenvalue weighted by molar-refractivity contribution is 7.91. The predicted molar refractivity (Wildman–Crippen MR) is 80.5 cm³/mol. The lowest BCUT2D eigenvalue weighted by Gasteiger charge is -2.23. The number of nitrogens with two attached hydrogens (primary N) is 1. The highest BCUT2D eigenvalue weighted by Gasteiger charge is 2.32. The SMILES string of the molecule is CC1(CNS(=O)(=O)c2cc([N+](=O)[O-])c(NN)s2)CCCC1. The van der Waals surface area contributed by atoms with Crippen molar-refractivity contribution in [2.24, 2.45) is 11.3 Å². The van der Waals surface area contributed by atoms with Crippen LogP contribution in [0.25, 0.3) is 0 Å². The Labute approximate surface area is 126 Å². The van der Waals surface area contributed by atoms with E-state index in [2.05, 4.69) is 10.1 Å². The maximum absolute atomic E-state index is 12.2. The van der Waals surface area contributed by atoms with Gasteiger partial charge in [0.15, 0.2) is 5.00 Å². The number of anilines is 1. The van der Waals surface area contributed by atoms with Gasteiger partial charge in [0.2, 0.25) is 10.0 Å². The first kappa shape index (κ1) is 16.1. The summed E-state index contributed by atoms with van der Waals surface area (Å²) in [4.78, 5) is 10.2. The topological polar surface area (TPSA) is 127 Å². The fourth-order valence-corrected chi connectivity index (χ4v) is 4.96. The standard InChI is InChI=1S/C11H18N4O4S2/c1-11(4-2-3-5-11)7-13-21(18,19)9-6-8(15(16)17)10(14-12)20-9/h6,13-14H,2-5,7,12H2,1H3. The molecule has 1 aliphatic rings. The van der Waals surface area contributed by atoms with E-state index in [-0.39, 0.29) is 20.3 Å². The molecule has 1 heterocycles. The van der Waals surface area contributed by atoms with Crippen molar-refractivity contribution in [3.63, 3.8) is 0 Å². The highest BCUT2D eigenvalue weighted by Crippen LogP contribution is 2.38. The van der Waals surface area contributed by atoms with Crippen LogP contribution in [0.5, 0.6) is 0 Å². The molecule has 1 fully saturated rings. The molecule has 1 aromatic rings. The van der Waals surface area contributed by atoms with Gasteiger partial charge in [-0.1, -0.05) is 31.1 Å². The molecule has 0 aliphatic heterocycles. The van der Waals surface area contributed by atoms with Crippen molar-refractivity contribution in [3.8, 4) is 0 Å². The van der Waals surface area contributed by atoms with Gasteiger partial charge in [0, 0.05) is 12.6 Å². The van der Waals surface area contributed by atoms with Gasteiger partial charge in [0.1, 0.15) is 4.21 Å². The summed E-state index contributed by atoms with van der Waals surface area (Å²) in [7, 11) is -3.76. The Morgan fingerprint density at radius 3 is 2.57 bits per heavy atom. The number of hydrogen-bond donors (Lipinski definition) is 3. The van der Waals surface area contributed by atoms with Crippen molar-refractivity contribution < 1.29 is 13.3 Å². The number of nitrogens with zero attached hydrogens (tertiary/aromatic N) is 1. The summed E-state index contributed by atoms with van der Waals surface area (Å²) in [6.07, 6.45) is 4.17. The highest BCUT2D eigenvalue weighted by atomic mass is 32.2. The smallest absolute Gasteiger partial charge is 0.306 e. The van der Waals surface area contributed by atoms with Crippen molar-refractivity contribution in [3.05, 3.63) is 16.2 Å². The predicted octanol–water partition coefficient (Wildman–Crippen LogP) is 1.80. The van der Waals surface area contributed by atoms with Gasteiger partial charge in [-0.05, 0) is 18.3 Å². The lowest BCUT2D eigenvalue weighted by Crippen LogP contribution is -2.33. The van der Waals surface area contributed by atoms with E-state index in [0.717, 1.165) is 43.1 Å². The van der Waals surface area contributed by atoms with Crippen LogP contribution in [0, 0.1) is 15.5 Å². The molecular formula is C11H18N4O4S2. The molecule has 0 unspecified atom stereocenters. The zero-order chi connectivity index (χ0) is 15.7. The van der Waals surface area contributed by atoms with Crippen LogP contribution in [0.2, 0.25) is 0 Å². The zero-order valence-electron chi connectivity index (χ0n) is 11.6. The quantitative estimate of drug-likeness (QED) is 0.413. The molecule has 0 saturated heterocycles. The molecule has 118 valence electrons. The van der Waals surface area contributed by atoms with Crippen LogP contribution in [0.1, 0.15) is 32.6 Å². The Morgan fingerprint density at radius 2 is 2.10 bits per heavy atom. The van der Waals surface area contributed by atoms with Crippen molar-refractivity contribution in [2.75, 3.05) is 12.0 Å². The van der Waals surface area contributed by atoms with Gasteiger partial charge in [-0.3, -0.25) is 10.1 Å². The van der Waals surface area contributed by atoms with Crippen molar-refractivity contribution in [2.45, 2.75) is 36.8 Å². The minimum absolute atomic E-state index is 0.0208. The molecule has 0 atom stereocenters. The van der Waals surface area contributed by atoms with E-state index in [1.54, 1.807) is 0 Å². The average molecular weight is 334 g/mol. The van der Waals surface area contributed by atoms with Gasteiger partial charge in [0.05, 0.1) is 4.92 Å². The van der Waals surface area contributed by atoms with E-state index in [9.17, 15) is 18.5 Å². The van der Waals surface area contributed by atoms with Crippen molar-refractivity contribution in [1.82, 2.24) is 4.72 Å². The Balaban J connectivity index is 2.17. The molecule has 1 aliphatic carbocycles. The Bertz CT molecular complexity index is 635. The number of nitrogens with one attached hydrogen (secondary N) is 2. The summed E-state index contributed by atoms with van der Waals surface area (Å²) < 4.78 is 26.9. The summed E-state index contributed by atoms with van der Waals surface area (Å²) in [5, 5.41) is 10.9. The molecule has 0 aromatic carbocycles. The van der Waals surface area contributed by atoms with E-state index < -0.39 is 14.9 Å². The molecular weight excluding hydrogens is 316 g/mol. The molecule has 2 rings (SSSR count). The fraction of sp³-hybridized carbons (Fsp3) is 0.636. The fourth-order valence-electron chi connectivity index (χ4n) is 2.48. The molecule has 21 heavy (non-hydrogen) atoms. The second-order valence-electron chi connectivity index (χ2n) is 5.52. The van der Waals surface area contributed by atoms with Gasteiger partial charge in [0.25, 0.3) is 0 Å². The van der Waals surface area contributed by atoms with Crippen LogP contribution in [-0.2, 0) is 10.0 Å². The van der Waals surface area contributed by atoms with Crippen LogP contribution in [0.3, 0.4) is 0 Å². The lowest BCUT2D eigenvalue weighted by atomic mass is 9.89. The molecule has 10 heteroatoms. The lowest BCUT2D eigenvalue weighted by molar-refractivity contribution is -0.383. The minimum Gasteiger partial charge on any atom is -0.310 e. The summed E-state index contributed by atoms with van der Waals surface area (Å²) >= 11 is 0.748. The number of hydrazine groups is 1. The Kier molecular flexibility index (Phi) is 4.51. The summed E-state index contributed by atoms with van der Waals surface area (Å²) in [5.74, 6) is 5.18. The number of nitrogen functional groups attached to an aromatic ring is 1. The Hall–Kier alpha value is -1.23. The molecule has 0 bridgehead atoms. The molecule has 1 aromatic heterocycles. The van der Waals surface area contributed by atoms with E-state index in [1.807, 2.05) is 6.92 Å². The normalized spacial score (nSPS) is 17.8. The zero-order valence-corrected chi connectivity index (χ0v) is 13.2. The van der Waals surface area contributed by atoms with Crippen LogP contribution < -0.4 is 16.0 Å². The summed E-state index contributed by atoms with van der Waals surface area (Å²) in [6.45, 7) is 2.39. The monoisotopic (exact) mass is 334 g/mol. The molecule has 8 nitrogen and oxygen atoms in total. The first-order chi connectivity index (χ1) is 9.77. The van der Waals surface area contributed by atoms with E-state index in [0.29, 0.717) is 6.54 Å². The molecule has 1 saturated carbocycles. The number of hydrogen-bond acceptors (Lipinski definition) is 7. The van der Waals surface area contributed by atoms with Crippen LogP contribution in [-0.4, -0.2) is 19.9 Å². The van der Waals surface area contributed by atoms with Gasteiger partial charge in [-0.25, -0.2) is 19.0 Å². The first-order valence-electron chi connectivity index (χ1n) is 6.52. The summed E-state index contributed by atoms with van der Waals surface area (Å²) in [5.41, 5.74) is 1.78.